The third-order valence-electron chi connectivity index (χ3n) is 4.02. The minimum absolute atomic E-state index is 0.845. The summed E-state index contributed by atoms with van der Waals surface area (Å²) in [5.41, 5.74) is 2.81. The van der Waals surface area contributed by atoms with E-state index < -0.39 is 0 Å². The zero-order valence-corrected chi connectivity index (χ0v) is 6.84. The summed E-state index contributed by atoms with van der Waals surface area (Å²) < 4.78 is 0. The van der Waals surface area contributed by atoms with Crippen LogP contribution in [0.25, 0.3) is 0 Å². The molecule has 0 aromatic heterocycles. The molecule has 4 rings (SSSR count). The highest BCUT2D eigenvalue weighted by atomic mass is 14.6. The monoisotopic (exact) mass is 146 g/mol. The molecular formula is C11H14. The minimum atomic E-state index is 0.845. The van der Waals surface area contributed by atoms with Crippen LogP contribution < -0.4 is 0 Å². The van der Waals surface area contributed by atoms with Gasteiger partial charge in [0, 0.05) is 0 Å². The van der Waals surface area contributed by atoms with Gasteiger partial charge in [0.1, 0.15) is 0 Å². The van der Waals surface area contributed by atoms with Gasteiger partial charge in [0.2, 0.25) is 0 Å². The predicted octanol–water partition coefficient (Wildman–Crippen LogP) is 2.77. The van der Waals surface area contributed by atoms with Crippen molar-refractivity contribution < 1.29 is 0 Å². The first-order valence-electron chi connectivity index (χ1n) is 4.67. The van der Waals surface area contributed by atoms with E-state index in [0.717, 1.165) is 23.7 Å². The van der Waals surface area contributed by atoms with E-state index in [1.807, 2.05) is 0 Å². The Labute approximate surface area is 68.0 Å². The normalized spacial score (nSPS) is 52.7. The van der Waals surface area contributed by atoms with Crippen molar-refractivity contribution in [2.45, 2.75) is 19.3 Å². The third-order valence-corrected chi connectivity index (χ3v) is 4.02. The van der Waals surface area contributed by atoms with Gasteiger partial charge in [0.15, 0.2) is 0 Å². The first-order chi connectivity index (χ1) is 5.29. The molecule has 0 radical (unpaired) electrons. The molecule has 0 aliphatic heterocycles. The van der Waals surface area contributed by atoms with Gasteiger partial charge in [-0.3, -0.25) is 0 Å². The molecule has 0 spiro atoms. The van der Waals surface area contributed by atoms with E-state index in [2.05, 4.69) is 13.2 Å². The summed E-state index contributed by atoms with van der Waals surface area (Å²) in [6.07, 6.45) is 4.29. The van der Waals surface area contributed by atoms with Crippen LogP contribution >= 0.6 is 0 Å². The summed E-state index contributed by atoms with van der Waals surface area (Å²) >= 11 is 0. The summed E-state index contributed by atoms with van der Waals surface area (Å²) in [7, 11) is 0. The highest BCUT2D eigenvalue weighted by Crippen LogP contribution is 2.65. The molecule has 2 bridgehead atoms. The third kappa shape index (κ3) is 0.571. The van der Waals surface area contributed by atoms with Crippen LogP contribution in [0, 0.1) is 23.7 Å². The highest BCUT2D eigenvalue weighted by molar-refractivity contribution is 5.40. The smallest absolute Gasteiger partial charge is 0.0134 e. The second-order valence-electron chi connectivity index (χ2n) is 4.40. The van der Waals surface area contributed by atoms with Crippen LogP contribution in [0.3, 0.4) is 0 Å². The molecule has 0 heterocycles. The highest BCUT2D eigenvalue weighted by Gasteiger charge is 2.56. The van der Waals surface area contributed by atoms with Gasteiger partial charge < -0.3 is 0 Å². The first kappa shape index (κ1) is 6.05. The van der Waals surface area contributed by atoms with E-state index in [-0.39, 0.29) is 0 Å². The second kappa shape index (κ2) is 1.63. The molecule has 0 aromatic rings. The van der Waals surface area contributed by atoms with Crippen molar-refractivity contribution in [1.82, 2.24) is 0 Å². The molecule has 0 nitrogen and oxygen atoms in total. The van der Waals surface area contributed by atoms with Gasteiger partial charge in [0.05, 0.1) is 0 Å². The van der Waals surface area contributed by atoms with Gasteiger partial charge in [-0.25, -0.2) is 0 Å². The molecular weight excluding hydrogens is 132 g/mol. The molecule has 0 heteroatoms. The van der Waals surface area contributed by atoms with Gasteiger partial charge in [-0.05, 0) is 54.1 Å². The van der Waals surface area contributed by atoms with Crippen LogP contribution in [0.4, 0.5) is 0 Å². The molecule has 4 saturated carbocycles. The maximum Gasteiger partial charge on any atom is -0.0134 e. The Bertz CT molecular complexity index is 223. The van der Waals surface area contributed by atoms with Crippen LogP contribution in [-0.4, -0.2) is 0 Å². The molecule has 4 aliphatic carbocycles. The largest absolute Gasteiger partial charge is 0.0953 e. The summed E-state index contributed by atoms with van der Waals surface area (Å²) in [5.74, 6) is 3.76. The quantitative estimate of drug-likeness (QED) is 0.493. The van der Waals surface area contributed by atoms with Crippen molar-refractivity contribution >= 4 is 0 Å². The van der Waals surface area contributed by atoms with Gasteiger partial charge in [-0.2, -0.15) is 0 Å². The fourth-order valence-electron chi connectivity index (χ4n) is 3.29. The van der Waals surface area contributed by atoms with Crippen molar-refractivity contribution in [3.63, 3.8) is 0 Å². The Balaban J connectivity index is 2.06. The maximum absolute atomic E-state index is 4.16. The van der Waals surface area contributed by atoms with Crippen molar-refractivity contribution in [2.75, 3.05) is 0 Å². The molecule has 0 saturated heterocycles. The fraction of sp³-hybridized carbons (Fsp3) is 0.636. The van der Waals surface area contributed by atoms with Crippen molar-refractivity contribution in [2.24, 2.45) is 23.7 Å². The van der Waals surface area contributed by atoms with Crippen LogP contribution in [0.5, 0.6) is 0 Å². The molecule has 4 fully saturated rings. The van der Waals surface area contributed by atoms with Crippen molar-refractivity contribution in [3.05, 3.63) is 24.3 Å². The summed E-state index contributed by atoms with van der Waals surface area (Å²) in [4.78, 5) is 0. The topological polar surface area (TPSA) is 0 Å². The van der Waals surface area contributed by atoms with Crippen molar-refractivity contribution in [3.8, 4) is 0 Å². The Hall–Kier alpha value is -0.520. The maximum atomic E-state index is 4.16. The van der Waals surface area contributed by atoms with E-state index in [9.17, 15) is 0 Å². The van der Waals surface area contributed by atoms with E-state index in [4.69, 9.17) is 0 Å². The lowest BCUT2D eigenvalue weighted by atomic mass is 9.66. The molecule has 0 unspecified atom stereocenters. The minimum Gasteiger partial charge on any atom is -0.0953 e. The number of allylic oxidation sites excluding steroid dienone is 2. The lowest BCUT2D eigenvalue weighted by Gasteiger charge is -2.39. The summed E-state index contributed by atoms with van der Waals surface area (Å²) in [6.45, 7) is 8.31. The average Bonchev–Trinajstić information content (AvgIpc) is 2.76. The van der Waals surface area contributed by atoms with Gasteiger partial charge >= 0.3 is 0 Å². The Morgan fingerprint density at radius 3 is 1.82 bits per heavy atom. The van der Waals surface area contributed by atoms with E-state index in [1.54, 1.807) is 0 Å². The van der Waals surface area contributed by atoms with Gasteiger partial charge in [-0.15, -0.1) is 0 Å². The van der Waals surface area contributed by atoms with Crippen LogP contribution in [0.15, 0.2) is 24.3 Å². The first-order valence-corrected chi connectivity index (χ1v) is 4.67. The van der Waals surface area contributed by atoms with Crippen LogP contribution in [-0.2, 0) is 0 Å². The number of hydrogen-bond acceptors (Lipinski definition) is 0. The average molecular weight is 146 g/mol. The predicted molar refractivity (Wildman–Crippen MR) is 46.1 cm³/mol. The fourth-order valence-corrected chi connectivity index (χ4v) is 3.29. The second-order valence-corrected chi connectivity index (χ2v) is 4.40. The number of hydrogen-bond donors (Lipinski definition) is 0. The molecule has 0 amide bonds. The lowest BCUT2D eigenvalue weighted by molar-refractivity contribution is 0.276. The molecule has 0 N–H and O–H groups in total. The molecule has 0 aromatic carbocycles. The summed E-state index contributed by atoms with van der Waals surface area (Å²) in [5, 5.41) is 0. The Kier molecular flexibility index (Phi) is 0.894. The molecule has 4 atom stereocenters. The zero-order chi connectivity index (χ0) is 7.59. The summed E-state index contributed by atoms with van der Waals surface area (Å²) in [6, 6.07) is 0. The molecule has 58 valence electrons. The van der Waals surface area contributed by atoms with Gasteiger partial charge in [0.25, 0.3) is 0 Å². The van der Waals surface area contributed by atoms with E-state index in [0.29, 0.717) is 0 Å². The Morgan fingerprint density at radius 1 is 0.909 bits per heavy atom. The number of rotatable bonds is 0. The Morgan fingerprint density at radius 2 is 1.36 bits per heavy atom. The van der Waals surface area contributed by atoms with Gasteiger partial charge in [-0.1, -0.05) is 13.2 Å². The van der Waals surface area contributed by atoms with Crippen molar-refractivity contribution in [1.29, 1.82) is 0 Å². The SMILES string of the molecule is C=C1C(=C)[C@@H]2CC[C@H]1[C@@H]1C[C@H]12. The van der Waals surface area contributed by atoms with Crippen LogP contribution in [0.1, 0.15) is 19.3 Å². The lowest BCUT2D eigenvalue weighted by Crippen LogP contribution is -2.28. The van der Waals surface area contributed by atoms with E-state index in [1.165, 1.54) is 30.4 Å². The van der Waals surface area contributed by atoms with Crippen LogP contribution in [0.2, 0.25) is 0 Å². The number of fused-ring (bicyclic) bond motifs is 2. The van der Waals surface area contributed by atoms with E-state index >= 15 is 0 Å². The zero-order valence-electron chi connectivity index (χ0n) is 6.84. The molecule has 4 aliphatic rings. The molecule has 11 heavy (non-hydrogen) atoms. The standard InChI is InChI=1S/C11H14/c1-6-7(2)9-4-3-8(6)10-5-11(9)10/h8-11H,1-5H2/t8-,9+,10-,11-/m0/s1.